The summed E-state index contributed by atoms with van der Waals surface area (Å²) in [7, 11) is 0. The molecule has 0 aliphatic heterocycles. The van der Waals surface area contributed by atoms with E-state index in [1.165, 1.54) is 0 Å². The second kappa shape index (κ2) is 4.35. The minimum absolute atomic E-state index is 0.0387. The molecule has 0 saturated carbocycles. The molecule has 0 radical (unpaired) electrons. The van der Waals surface area contributed by atoms with Crippen molar-refractivity contribution in [1.82, 2.24) is 9.97 Å². The van der Waals surface area contributed by atoms with Gasteiger partial charge in [-0.1, -0.05) is 23.8 Å². The molecule has 0 saturated heterocycles. The molecule has 2 aromatic heterocycles. The number of benzene rings is 1. The van der Waals surface area contributed by atoms with Crippen LogP contribution in [0.3, 0.4) is 0 Å². The van der Waals surface area contributed by atoms with Crippen molar-refractivity contribution in [2.24, 2.45) is 0 Å². The van der Waals surface area contributed by atoms with Crippen LogP contribution in [-0.4, -0.2) is 15.8 Å². The van der Waals surface area contributed by atoms with Gasteiger partial charge in [0, 0.05) is 28.9 Å². The Hall–Kier alpha value is -2.42. The van der Waals surface area contributed by atoms with Crippen LogP contribution in [0.25, 0.3) is 11.0 Å². The quantitative estimate of drug-likeness (QED) is 0.708. The Morgan fingerprint density at radius 2 is 2.00 bits per heavy atom. The van der Waals surface area contributed by atoms with Gasteiger partial charge in [0.25, 0.3) is 0 Å². The fourth-order valence-corrected chi connectivity index (χ4v) is 2.36. The highest BCUT2D eigenvalue weighted by molar-refractivity contribution is 6.16. The van der Waals surface area contributed by atoms with E-state index in [0.29, 0.717) is 5.56 Å². The van der Waals surface area contributed by atoms with Crippen LogP contribution in [0.15, 0.2) is 42.7 Å². The van der Waals surface area contributed by atoms with Gasteiger partial charge in [0.05, 0.1) is 0 Å². The maximum atomic E-state index is 12.6. The third kappa shape index (κ3) is 1.93. The highest BCUT2D eigenvalue weighted by Crippen LogP contribution is 2.21. The van der Waals surface area contributed by atoms with E-state index >= 15 is 0 Å². The van der Waals surface area contributed by atoms with Gasteiger partial charge in [0.2, 0.25) is 0 Å². The SMILES string of the molecule is Cc1ccc(C(=O)c2c[nH]c3ncccc23)c(C)c1. The molecule has 0 unspecified atom stereocenters. The zero-order valence-electron chi connectivity index (χ0n) is 10.9. The van der Waals surface area contributed by atoms with E-state index in [2.05, 4.69) is 9.97 Å². The van der Waals surface area contributed by atoms with Crippen molar-refractivity contribution < 1.29 is 4.79 Å². The van der Waals surface area contributed by atoms with E-state index in [9.17, 15) is 4.79 Å². The smallest absolute Gasteiger partial charge is 0.195 e. The fourth-order valence-electron chi connectivity index (χ4n) is 2.36. The molecule has 94 valence electrons. The average molecular weight is 250 g/mol. The van der Waals surface area contributed by atoms with Crippen LogP contribution < -0.4 is 0 Å². The number of aromatic amines is 1. The Morgan fingerprint density at radius 1 is 1.16 bits per heavy atom. The number of nitrogens with one attached hydrogen (secondary N) is 1. The van der Waals surface area contributed by atoms with Crippen LogP contribution in [-0.2, 0) is 0 Å². The van der Waals surface area contributed by atoms with Crippen molar-refractivity contribution in [2.75, 3.05) is 0 Å². The van der Waals surface area contributed by atoms with Gasteiger partial charge in [0.15, 0.2) is 5.78 Å². The van der Waals surface area contributed by atoms with E-state index < -0.39 is 0 Å². The number of H-pyrrole nitrogens is 1. The molecule has 0 spiro atoms. The molecule has 1 aromatic carbocycles. The molecule has 0 aliphatic rings. The van der Waals surface area contributed by atoms with Crippen molar-refractivity contribution in [3.63, 3.8) is 0 Å². The molecule has 1 N–H and O–H groups in total. The van der Waals surface area contributed by atoms with Crippen LogP contribution in [0.4, 0.5) is 0 Å². The molecule has 3 aromatic rings. The summed E-state index contributed by atoms with van der Waals surface area (Å²) in [6.45, 7) is 3.99. The Labute approximate surface area is 111 Å². The van der Waals surface area contributed by atoms with E-state index in [4.69, 9.17) is 0 Å². The zero-order valence-corrected chi connectivity index (χ0v) is 10.9. The summed E-state index contributed by atoms with van der Waals surface area (Å²) in [4.78, 5) is 19.9. The molecule has 3 rings (SSSR count). The number of hydrogen-bond donors (Lipinski definition) is 1. The summed E-state index contributed by atoms with van der Waals surface area (Å²) in [5.74, 6) is 0.0387. The first-order chi connectivity index (χ1) is 9.16. The van der Waals surface area contributed by atoms with Gasteiger partial charge in [0.1, 0.15) is 5.65 Å². The minimum Gasteiger partial charge on any atom is -0.345 e. The summed E-state index contributed by atoms with van der Waals surface area (Å²) >= 11 is 0. The average Bonchev–Trinajstić information content (AvgIpc) is 2.82. The van der Waals surface area contributed by atoms with Crippen LogP contribution in [0, 0.1) is 13.8 Å². The molecule has 0 atom stereocenters. The van der Waals surface area contributed by atoms with E-state index in [1.54, 1.807) is 12.4 Å². The van der Waals surface area contributed by atoms with Gasteiger partial charge in [-0.3, -0.25) is 4.79 Å². The summed E-state index contributed by atoms with van der Waals surface area (Å²) in [6.07, 6.45) is 3.45. The van der Waals surface area contributed by atoms with Crippen molar-refractivity contribution in [3.8, 4) is 0 Å². The van der Waals surface area contributed by atoms with E-state index in [-0.39, 0.29) is 5.78 Å². The van der Waals surface area contributed by atoms with Gasteiger partial charge < -0.3 is 4.98 Å². The minimum atomic E-state index is 0.0387. The molecule has 0 fully saturated rings. The predicted octanol–water partition coefficient (Wildman–Crippen LogP) is 3.41. The number of carbonyl (C=O) groups is 1. The number of rotatable bonds is 2. The third-order valence-electron chi connectivity index (χ3n) is 3.32. The van der Waals surface area contributed by atoms with Gasteiger partial charge >= 0.3 is 0 Å². The van der Waals surface area contributed by atoms with Crippen LogP contribution in [0.5, 0.6) is 0 Å². The molecule has 19 heavy (non-hydrogen) atoms. The lowest BCUT2D eigenvalue weighted by atomic mass is 9.98. The van der Waals surface area contributed by atoms with Gasteiger partial charge in [-0.05, 0) is 31.5 Å². The molecule has 3 heteroatoms. The fraction of sp³-hybridized carbons (Fsp3) is 0.125. The Morgan fingerprint density at radius 3 is 2.79 bits per heavy atom. The topological polar surface area (TPSA) is 45.8 Å². The van der Waals surface area contributed by atoms with Crippen LogP contribution >= 0.6 is 0 Å². The molecule has 0 bridgehead atoms. The predicted molar refractivity (Wildman–Crippen MR) is 75.4 cm³/mol. The Bertz CT molecular complexity index is 771. The van der Waals surface area contributed by atoms with Gasteiger partial charge in [-0.15, -0.1) is 0 Å². The van der Waals surface area contributed by atoms with E-state index in [1.807, 2.05) is 44.2 Å². The lowest BCUT2D eigenvalue weighted by Gasteiger charge is -2.05. The second-order valence-corrected chi connectivity index (χ2v) is 4.75. The lowest BCUT2D eigenvalue weighted by Crippen LogP contribution is -2.03. The zero-order chi connectivity index (χ0) is 13.4. The third-order valence-corrected chi connectivity index (χ3v) is 3.32. The van der Waals surface area contributed by atoms with Gasteiger partial charge in [-0.2, -0.15) is 0 Å². The standard InChI is InChI=1S/C16H14N2O/c1-10-5-6-12(11(2)8-10)15(19)14-9-18-16-13(14)4-3-7-17-16/h3-9H,1-2H3,(H,17,18). The largest absolute Gasteiger partial charge is 0.345 e. The number of ketones is 1. The first-order valence-corrected chi connectivity index (χ1v) is 6.21. The Balaban J connectivity index is 2.13. The lowest BCUT2D eigenvalue weighted by molar-refractivity contribution is 0.104. The molecular weight excluding hydrogens is 236 g/mol. The maximum absolute atomic E-state index is 12.6. The normalized spacial score (nSPS) is 10.8. The number of pyridine rings is 1. The molecular formula is C16H14N2O. The monoisotopic (exact) mass is 250 g/mol. The summed E-state index contributed by atoms with van der Waals surface area (Å²) < 4.78 is 0. The first kappa shape index (κ1) is 11.7. The highest BCUT2D eigenvalue weighted by atomic mass is 16.1. The number of fused-ring (bicyclic) bond motifs is 1. The number of aromatic nitrogens is 2. The van der Waals surface area contributed by atoms with Crippen LogP contribution in [0.2, 0.25) is 0 Å². The van der Waals surface area contributed by atoms with Crippen molar-refractivity contribution in [1.29, 1.82) is 0 Å². The van der Waals surface area contributed by atoms with Crippen molar-refractivity contribution in [3.05, 3.63) is 65.0 Å². The molecule has 0 aliphatic carbocycles. The molecule has 0 amide bonds. The van der Waals surface area contributed by atoms with Gasteiger partial charge in [-0.25, -0.2) is 4.98 Å². The summed E-state index contributed by atoms with van der Waals surface area (Å²) in [5, 5.41) is 0.868. The van der Waals surface area contributed by atoms with Crippen molar-refractivity contribution >= 4 is 16.8 Å². The summed E-state index contributed by atoms with van der Waals surface area (Å²) in [6, 6.07) is 9.64. The molecule has 2 heterocycles. The number of hydrogen-bond acceptors (Lipinski definition) is 2. The first-order valence-electron chi connectivity index (χ1n) is 6.21. The second-order valence-electron chi connectivity index (χ2n) is 4.75. The Kier molecular flexibility index (Phi) is 2.67. The number of aryl methyl sites for hydroxylation is 2. The van der Waals surface area contributed by atoms with E-state index in [0.717, 1.165) is 27.7 Å². The van der Waals surface area contributed by atoms with Crippen molar-refractivity contribution in [2.45, 2.75) is 13.8 Å². The highest BCUT2D eigenvalue weighted by Gasteiger charge is 2.16. The number of nitrogens with zero attached hydrogens (tertiary/aromatic N) is 1. The summed E-state index contributed by atoms with van der Waals surface area (Å²) in [5.41, 5.74) is 4.33. The number of carbonyl (C=O) groups excluding carboxylic acids is 1. The maximum Gasteiger partial charge on any atom is 0.195 e. The van der Waals surface area contributed by atoms with Crippen LogP contribution in [0.1, 0.15) is 27.0 Å². The molecule has 3 nitrogen and oxygen atoms in total.